The minimum atomic E-state index is -4.15. The van der Waals surface area contributed by atoms with Gasteiger partial charge in [0.25, 0.3) is 20.9 Å². The Balaban J connectivity index is 1.39. The van der Waals surface area contributed by atoms with Crippen LogP contribution in [0.3, 0.4) is 0 Å². The number of nitrogens with zero attached hydrogens (tertiary/aromatic N) is 3. The van der Waals surface area contributed by atoms with Gasteiger partial charge in [-0.2, -0.15) is 0 Å². The summed E-state index contributed by atoms with van der Waals surface area (Å²) < 4.78 is 33.8. The van der Waals surface area contributed by atoms with E-state index in [4.69, 9.17) is 9.94 Å². The van der Waals surface area contributed by atoms with Crippen LogP contribution in [0.4, 0.5) is 28.7 Å². The molecular weight excluding hydrogens is 548 g/mol. The molecule has 0 atom stereocenters. The maximum Gasteiger partial charge on any atom is 0.316 e. The van der Waals surface area contributed by atoms with Gasteiger partial charge in [0, 0.05) is 29.1 Å². The highest BCUT2D eigenvalue weighted by atomic mass is 32.2. The van der Waals surface area contributed by atoms with Crippen LogP contribution in [0, 0.1) is 4.91 Å². The first-order valence-electron chi connectivity index (χ1n) is 12.1. The largest absolute Gasteiger partial charge is 0.497 e. The second-order valence-electron chi connectivity index (χ2n) is 8.67. The third-order valence-corrected chi connectivity index (χ3v) is 7.28. The Labute approximate surface area is 234 Å². The lowest BCUT2D eigenvalue weighted by atomic mass is 10.2. The van der Waals surface area contributed by atoms with E-state index in [1.165, 1.54) is 24.3 Å². The Morgan fingerprint density at radius 2 is 1.39 bits per heavy atom. The predicted molar refractivity (Wildman–Crippen MR) is 153 cm³/mol. The molecule has 5 rings (SSSR count). The maximum atomic E-state index is 13.1. The van der Waals surface area contributed by atoms with Crippen molar-refractivity contribution in [3.63, 3.8) is 0 Å². The van der Waals surface area contributed by atoms with E-state index >= 15 is 0 Å². The SMILES string of the molecule is COc1ccc(NC(=O)c2ccc(Nc3nc4ccccc4nc3NS(=O)(=O)c3ccc([N+](=O)O)cc3)cc2)cc1. The van der Waals surface area contributed by atoms with Crippen molar-refractivity contribution in [2.45, 2.75) is 4.90 Å². The molecule has 5 aromatic rings. The lowest BCUT2D eigenvalue weighted by molar-refractivity contribution is -0.729. The van der Waals surface area contributed by atoms with Gasteiger partial charge in [0.2, 0.25) is 0 Å². The van der Waals surface area contributed by atoms with Crippen molar-refractivity contribution in [2.24, 2.45) is 0 Å². The molecule has 0 aliphatic heterocycles. The van der Waals surface area contributed by atoms with Crippen LogP contribution in [-0.2, 0) is 10.0 Å². The van der Waals surface area contributed by atoms with E-state index in [1.807, 2.05) is 0 Å². The van der Waals surface area contributed by atoms with Crippen molar-refractivity contribution >= 4 is 55.7 Å². The van der Waals surface area contributed by atoms with Crippen molar-refractivity contribution in [1.29, 1.82) is 0 Å². The zero-order valence-corrected chi connectivity index (χ0v) is 22.3. The molecule has 13 heteroatoms. The first-order chi connectivity index (χ1) is 19.7. The topological polar surface area (TPSA) is 163 Å². The summed E-state index contributed by atoms with van der Waals surface area (Å²) in [4.78, 5) is 32.2. The summed E-state index contributed by atoms with van der Waals surface area (Å²) >= 11 is 0. The molecule has 4 N–H and O–H groups in total. The molecular formula is C28H23N6O6S+. The summed E-state index contributed by atoms with van der Waals surface area (Å²) in [6.07, 6.45) is 0. The molecule has 0 saturated carbocycles. The van der Waals surface area contributed by atoms with Crippen LogP contribution >= 0.6 is 0 Å². The molecule has 0 unspecified atom stereocenters. The number of hydrogen-bond acceptors (Lipinski definition) is 8. The maximum absolute atomic E-state index is 13.1. The Morgan fingerprint density at radius 3 is 1.98 bits per heavy atom. The van der Waals surface area contributed by atoms with Crippen molar-refractivity contribution in [2.75, 3.05) is 22.5 Å². The van der Waals surface area contributed by atoms with Gasteiger partial charge < -0.3 is 15.4 Å². The Kier molecular flexibility index (Phi) is 7.43. The fraction of sp³-hybridized carbons (Fsp3) is 0.0357. The van der Waals surface area contributed by atoms with Gasteiger partial charge in [0.05, 0.1) is 27.9 Å². The average molecular weight is 572 g/mol. The fourth-order valence-electron chi connectivity index (χ4n) is 3.82. The van der Waals surface area contributed by atoms with Crippen LogP contribution in [0.5, 0.6) is 5.75 Å². The second-order valence-corrected chi connectivity index (χ2v) is 10.3. The normalized spacial score (nSPS) is 11.0. The molecule has 41 heavy (non-hydrogen) atoms. The van der Waals surface area contributed by atoms with Gasteiger partial charge >= 0.3 is 5.69 Å². The number of anilines is 4. The average Bonchev–Trinajstić information content (AvgIpc) is 2.98. The first kappa shape index (κ1) is 27.0. The van der Waals surface area contributed by atoms with Gasteiger partial charge in [0.1, 0.15) is 5.75 Å². The van der Waals surface area contributed by atoms with Crippen molar-refractivity contribution < 1.29 is 28.1 Å². The number of sulfonamides is 1. The van der Waals surface area contributed by atoms with Gasteiger partial charge in [-0.25, -0.2) is 23.6 Å². The number of amides is 1. The molecule has 0 bridgehead atoms. The monoisotopic (exact) mass is 571 g/mol. The van der Waals surface area contributed by atoms with Crippen LogP contribution in [0.1, 0.15) is 10.4 Å². The molecule has 1 aromatic heterocycles. The number of benzene rings is 4. The number of hydrogen-bond donors (Lipinski definition) is 4. The molecule has 0 aliphatic carbocycles. The van der Waals surface area contributed by atoms with E-state index in [1.54, 1.807) is 79.9 Å². The third-order valence-electron chi connectivity index (χ3n) is 5.93. The summed E-state index contributed by atoms with van der Waals surface area (Å²) in [5.74, 6) is 0.419. The molecule has 0 saturated heterocycles. The summed E-state index contributed by atoms with van der Waals surface area (Å²) in [5, 5.41) is 14.9. The van der Waals surface area contributed by atoms with Gasteiger partial charge in [0.15, 0.2) is 11.6 Å². The zero-order chi connectivity index (χ0) is 29.0. The lowest BCUT2D eigenvalue weighted by Gasteiger charge is -2.14. The Morgan fingerprint density at radius 1 is 0.805 bits per heavy atom. The van der Waals surface area contributed by atoms with Gasteiger partial charge in [-0.15, -0.1) is 0 Å². The highest BCUT2D eigenvalue weighted by molar-refractivity contribution is 7.92. The molecule has 0 aliphatic rings. The smallest absolute Gasteiger partial charge is 0.316 e. The summed E-state index contributed by atoms with van der Waals surface area (Å²) in [6.45, 7) is 0. The number of methoxy groups -OCH3 is 1. The molecule has 0 spiro atoms. The number of carbonyl (C=O) groups is 1. The van der Waals surface area contributed by atoms with Crippen molar-refractivity contribution in [3.8, 4) is 5.75 Å². The minimum Gasteiger partial charge on any atom is -0.497 e. The van der Waals surface area contributed by atoms with Crippen LogP contribution < -0.4 is 20.1 Å². The molecule has 0 radical (unpaired) electrons. The predicted octanol–water partition coefficient (Wildman–Crippen LogP) is 5.23. The lowest BCUT2D eigenvalue weighted by Crippen LogP contribution is -2.16. The van der Waals surface area contributed by atoms with E-state index < -0.39 is 10.0 Å². The van der Waals surface area contributed by atoms with E-state index in [2.05, 4.69) is 25.3 Å². The van der Waals surface area contributed by atoms with E-state index in [0.29, 0.717) is 33.7 Å². The zero-order valence-electron chi connectivity index (χ0n) is 21.5. The van der Waals surface area contributed by atoms with E-state index in [0.717, 1.165) is 0 Å². The number of para-hydroxylation sites is 2. The van der Waals surface area contributed by atoms with E-state index in [9.17, 15) is 18.1 Å². The summed E-state index contributed by atoms with van der Waals surface area (Å²) in [7, 11) is -2.59. The molecule has 1 amide bonds. The standard InChI is InChI=1S/C28H22N6O6S/c1-40-22-14-10-20(11-15-22)30-28(35)18-6-8-19(9-7-18)29-26-27(32-25-5-3-2-4-24(25)31-26)33-41(38,39)23-16-12-21(13-17-23)34(36)37/h2-17H,1H3,(H3-,29,30,31,32,33,35,36,37)/p+1. The Hall–Kier alpha value is -5.56. The number of ether oxygens (including phenoxy) is 1. The Bertz CT molecular complexity index is 1850. The number of nitrogens with one attached hydrogen (secondary N) is 3. The summed E-state index contributed by atoms with van der Waals surface area (Å²) in [6, 6.07) is 25.1. The number of fused-ring (bicyclic) bond motifs is 1. The first-order valence-corrected chi connectivity index (χ1v) is 13.6. The molecule has 206 valence electrons. The van der Waals surface area contributed by atoms with Crippen molar-refractivity contribution in [1.82, 2.24) is 9.97 Å². The van der Waals surface area contributed by atoms with Crippen LogP contribution in [0.25, 0.3) is 11.0 Å². The number of carbonyl (C=O) groups excluding carboxylic acids is 1. The molecule has 0 fully saturated rings. The molecule has 1 heterocycles. The highest BCUT2D eigenvalue weighted by Gasteiger charge is 2.21. The van der Waals surface area contributed by atoms with Crippen LogP contribution in [-0.4, -0.2) is 41.5 Å². The molecule has 4 aromatic carbocycles. The number of aromatic nitrogens is 2. The summed E-state index contributed by atoms with van der Waals surface area (Å²) in [5.41, 5.74) is 2.39. The third kappa shape index (κ3) is 6.20. The fourth-order valence-corrected chi connectivity index (χ4v) is 4.83. The van der Waals surface area contributed by atoms with E-state index in [-0.39, 0.29) is 33.0 Å². The van der Waals surface area contributed by atoms with Gasteiger partial charge in [-0.05, 0) is 72.8 Å². The van der Waals surface area contributed by atoms with Crippen LogP contribution in [0.15, 0.2) is 102 Å². The minimum absolute atomic E-state index is 0.0679. The highest BCUT2D eigenvalue weighted by Crippen LogP contribution is 2.28. The quantitative estimate of drug-likeness (QED) is 0.173. The van der Waals surface area contributed by atoms with Crippen LogP contribution in [0.2, 0.25) is 0 Å². The molecule has 12 nitrogen and oxygen atoms in total. The van der Waals surface area contributed by atoms with Gasteiger partial charge in [-0.3, -0.25) is 9.52 Å². The van der Waals surface area contributed by atoms with Gasteiger partial charge in [-0.1, -0.05) is 12.1 Å². The number of rotatable bonds is 9. The van der Waals surface area contributed by atoms with Crippen molar-refractivity contribution in [3.05, 3.63) is 108 Å². The second kappa shape index (κ2) is 11.3.